The molecule has 9 nitrogen and oxygen atoms in total. The molecule has 0 radical (unpaired) electrons. The van der Waals surface area contributed by atoms with Gasteiger partial charge in [0.05, 0.1) is 5.70 Å². The molecule has 0 bridgehead atoms. The average molecular weight is 420 g/mol. The molecule has 29 heavy (non-hydrogen) atoms. The number of hydrazine groups is 1. The van der Waals surface area contributed by atoms with Crippen LogP contribution in [0.15, 0.2) is 53.6 Å². The Morgan fingerprint density at radius 2 is 1.93 bits per heavy atom. The van der Waals surface area contributed by atoms with E-state index in [0.717, 1.165) is 16.7 Å². The molecule has 156 valence electrons. The number of rotatable bonds is 8. The normalized spacial score (nSPS) is 14.7. The second-order valence-electron chi connectivity index (χ2n) is 6.62. The minimum atomic E-state index is -1.54. The van der Waals surface area contributed by atoms with E-state index in [1.165, 1.54) is 30.0 Å². The van der Waals surface area contributed by atoms with E-state index in [4.69, 9.17) is 16.8 Å². The molecule has 1 amide bonds. The van der Waals surface area contributed by atoms with Gasteiger partial charge in [-0.05, 0) is 30.5 Å². The molecule has 2 aromatic rings. The van der Waals surface area contributed by atoms with Crippen LogP contribution in [0.3, 0.4) is 0 Å². The van der Waals surface area contributed by atoms with E-state index >= 15 is 0 Å². The third-order valence-electron chi connectivity index (χ3n) is 4.89. The van der Waals surface area contributed by atoms with E-state index in [-0.39, 0.29) is 18.5 Å². The van der Waals surface area contributed by atoms with Gasteiger partial charge in [0.1, 0.15) is 4.75 Å². The number of aromatic nitrogens is 1. The van der Waals surface area contributed by atoms with Gasteiger partial charge < -0.3 is 15.7 Å². The first kappa shape index (κ1) is 22.3. The lowest BCUT2D eigenvalue weighted by Gasteiger charge is -2.24. The van der Waals surface area contributed by atoms with Gasteiger partial charge in [-0.1, -0.05) is 24.3 Å². The Morgan fingerprint density at radius 1 is 1.28 bits per heavy atom. The lowest BCUT2D eigenvalue weighted by Crippen LogP contribution is -2.47. The van der Waals surface area contributed by atoms with E-state index in [0.29, 0.717) is 5.70 Å². The predicted molar refractivity (Wildman–Crippen MR) is 113 cm³/mol. The van der Waals surface area contributed by atoms with E-state index in [2.05, 4.69) is 5.43 Å². The Hall–Kier alpha value is -2.95. The monoisotopic (exact) mass is 419 g/mol. The number of benzene rings is 1. The molecule has 0 saturated heterocycles. The van der Waals surface area contributed by atoms with Crippen LogP contribution in [-0.4, -0.2) is 30.9 Å². The molecule has 0 aliphatic heterocycles. The first-order valence-electron chi connectivity index (χ1n) is 8.74. The number of amides is 1. The van der Waals surface area contributed by atoms with Crippen LogP contribution in [0.2, 0.25) is 0 Å². The molecule has 7 N–H and O–H groups in total. The Balaban J connectivity index is 2.21. The number of hydrogen-bond acceptors (Lipinski definition) is 7. The number of hydroxylamine groups is 1. The highest BCUT2D eigenvalue weighted by atomic mass is 32.2. The van der Waals surface area contributed by atoms with Crippen LogP contribution in [0, 0.1) is 0 Å². The number of nitrogens with zero attached hydrogens (tertiary/aromatic N) is 1. The average Bonchev–Trinajstić information content (AvgIpc) is 2.73. The first-order valence-corrected chi connectivity index (χ1v) is 10.3. The molecular weight excluding hydrogens is 394 g/mol. The van der Waals surface area contributed by atoms with Gasteiger partial charge in [0.2, 0.25) is 0 Å². The van der Waals surface area contributed by atoms with E-state index < -0.39 is 21.5 Å². The van der Waals surface area contributed by atoms with Crippen molar-refractivity contribution in [1.82, 2.24) is 15.5 Å². The standard InChI is InChI=1S/C19H25N5O4S/c1-19(29(2)28,18(26)23-27)8-10-24-9-7-15(11-17(24)25)13-3-5-14(6-4-13)16(12-20)22-21/h3-7,9,11-12,22,27H,8,10,20-21H2,1-2H3,(H,23,26)/b16-12-. The van der Waals surface area contributed by atoms with Gasteiger partial charge in [-0.3, -0.25) is 24.8 Å². The van der Waals surface area contributed by atoms with E-state index in [1.807, 2.05) is 24.3 Å². The summed E-state index contributed by atoms with van der Waals surface area (Å²) in [5.74, 6) is 4.66. The number of pyridine rings is 1. The van der Waals surface area contributed by atoms with Crippen molar-refractivity contribution < 1.29 is 14.2 Å². The van der Waals surface area contributed by atoms with E-state index in [9.17, 15) is 13.8 Å². The van der Waals surface area contributed by atoms with Gasteiger partial charge in [0.25, 0.3) is 11.5 Å². The van der Waals surface area contributed by atoms with Gasteiger partial charge in [-0.25, -0.2) is 5.48 Å². The van der Waals surface area contributed by atoms with Gasteiger partial charge in [-0.2, -0.15) is 0 Å². The highest BCUT2D eigenvalue weighted by Gasteiger charge is 2.37. The second-order valence-corrected chi connectivity index (χ2v) is 8.43. The summed E-state index contributed by atoms with van der Waals surface area (Å²) in [5.41, 5.74) is 12.2. The number of nitrogens with one attached hydrogen (secondary N) is 2. The van der Waals surface area contributed by atoms with Crippen molar-refractivity contribution in [3.8, 4) is 11.1 Å². The summed E-state index contributed by atoms with van der Waals surface area (Å²) in [6, 6.07) is 10.6. The zero-order valence-corrected chi connectivity index (χ0v) is 17.0. The maximum absolute atomic E-state index is 12.5. The molecule has 2 atom stereocenters. The second kappa shape index (κ2) is 9.50. The number of hydrogen-bond donors (Lipinski definition) is 5. The number of nitrogens with two attached hydrogens (primary N) is 2. The fourth-order valence-electron chi connectivity index (χ4n) is 2.78. The molecule has 2 unspecified atom stereocenters. The van der Waals surface area contributed by atoms with Crippen molar-refractivity contribution in [1.29, 1.82) is 0 Å². The molecule has 1 aromatic carbocycles. The van der Waals surface area contributed by atoms with Crippen molar-refractivity contribution in [3.63, 3.8) is 0 Å². The summed E-state index contributed by atoms with van der Waals surface area (Å²) in [7, 11) is -1.54. The number of carbonyl (C=O) groups is 1. The highest BCUT2D eigenvalue weighted by molar-refractivity contribution is 7.86. The van der Waals surface area contributed by atoms with Gasteiger partial charge >= 0.3 is 0 Å². The molecule has 1 heterocycles. The minimum Gasteiger partial charge on any atom is -0.403 e. The van der Waals surface area contributed by atoms with Gasteiger partial charge in [0, 0.05) is 47.6 Å². The fourth-order valence-corrected chi connectivity index (χ4v) is 3.47. The highest BCUT2D eigenvalue weighted by Crippen LogP contribution is 2.21. The third-order valence-corrected chi connectivity index (χ3v) is 6.55. The van der Waals surface area contributed by atoms with Crippen molar-refractivity contribution in [2.24, 2.45) is 11.6 Å². The molecule has 0 aliphatic rings. The lowest BCUT2D eigenvalue weighted by atomic mass is 10.0. The maximum Gasteiger partial charge on any atom is 0.261 e. The largest absolute Gasteiger partial charge is 0.403 e. The van der Waals surface area contributed by atoms with Gasteiger partial charge in [0.15, 0.2) is 0 Å². The molecule has 0 fully saturated rings. The number of carbonyl (C=O) groups excluding carboxylic acids is 1. The quantitative estimate of drug-likeness (QED) is 0.234. The Morgan fingerprint density at radius 3 is 2.41 bits per heavy atom. The molecule has 2 rings (SSSR count). The molecule has 10 heteroatoms. The van der Waals surface area contributed by atoms with Crippen LogP contribution in [-0.2, 0) is 22.1 Å². The molecule has 0 spiro atoms. The Labute approximate surface area is 170 Å². The van der Waals surface area contributed by atoms with Crippen molar-refractivity contribution >= 4 is 22.4 Å². The van der Waals surface area contributed by atoms with Crippen LogP contribution in [0.5, 0.6) is 0 Å². The predicted octanol–water partition coefficient (Wildman–Crippen LogP) is 0.268. The first-order chi connectivity index (χ1) is 13.8. The zero-order chi connectivity index (χ0) is 21.6. The van der Waals surface area contributed by atoms with Crippen LogP contribution < -0.4 is 28.0 Å². The minimum absolute atomic E-state index is 0.122. The molecular formula is C19H25N5O4S. The Bertz CT molecular complexity index is 987. The summed E-state index contributed by atoms with van der Waals surface area (Å²) in [6.45, 7) is 1.66. The smallest absolute Gasteiger partial charge is 0.261 e. The van der Waals surface area contributed by atoms with Crippen molar-refractivity contribution in [3.05, 3.63) is 64.7 Å². The number of aryl methyl sites for hydroxylation is 1. The van der Waals surface area contributed by atoms with Crippen LogP contribution in [0.1, 0.15) is 18.9 Å². The van der Waals surface area contributed by atoms with E-state index in [1.54, 1.807) is 17.7 Å². The third kappa shape index (κ3) is 4.91. The fraction of sp³-hybridized carbons (Fsp3) is 0.263. The molecule has 0 aliphatic carbocycles. The van der Waals surface area contributed by atoms with Gasteiger partial charge in [-0.15, -0.1) is 0 Å². The van der Waals surface area contributed by atoms with Crippen LogP contribution in [0.25, 0.3) is 16.8 Å². The SMILES string of the molecule is CS(=O)C(C)(CCn1ccc(-c2ccc(/C(=C/N)NN)cc2)cc1=O)C(=O)NO. The summed E-state index contributed by atoms with van der Waals surface area (Å²) >= 11 is 0. The zero-order valence-electron chi connectivity index (χ0n) is 16.2. The summed E-state index contributed by atoms with van der Waals surface area (Å²) < 4.78 is 12.1. The molecule has 1 aromatic heterocycles. The summed E-state index contributed by atoms with van der Waals surface area (Å²) in [4.78, 5) is 24.4. The van der Waals surface area contributed by atoms with Crippen molar-refractivity contribution in [2.45, 2.75) is 24.6 Å². The van der Waals surface area contributed by atoms with Crippen molar-refractivity contribution in [2.75, 3.05) is 6.26 Å². The molecule has 0 saturated carbocycles. The Kier molecular flexibility index (Phi) is 7.32. The summed E-state index contributed by atoms with van der Waals surface area (Å²) in [6.07, 6.45) is 4.49. The lowest BCUT2D eigenvalue weighted by molar-refractivity contribution is -0.131. The van der Waals surface area contributed by atoms with Crippen LogP contribution in [0.4, 0.5) is 0 Å². The summed E-state index contributed by atoms with van der Waals surface area (Å²) in [5, 5.41) is 8.90. The van der Waals surface area contributed by atoms with Crippen LogP contribution >= 0.6 is 0 Å². The maximum atomic E-state index is 12.5. The topological polar surface area (TPSA) is 152 Å².